The molecular formula is C16H23NO3S. The Balaban J connectivity index is 3.01. The SMILES string of the molecule is CCN(CC(C)C)C(=O)c1ccccc1SC(C)C(=O)O. The predicted octanol–water partition coefficient (Wildman–Crippen LogP) is 3.37. The van der Waals surface area contributed by atoms with E-state index in [-0.39, 0.29) is 5.91 Å². The van der Waals surface area contributed by atoms with Crippen LogP contribution in [-0.2, 0) is 4.79 Å². The number of carbonyl (C=O) groups is 2. The monoisotopic (exact) mass is 309 g/mol. The lowest BCUT2D eigenvalue weighted by atomic mass is 10.1. The molecule has 116 valence electrons. The van der Waals surface area contributed by atoms with Crippen LogP contribution in [0.2, 0.25) is 0 Å². The molecule has 0 fully saturated rings. The number of aliphatic carboxylic acids is 1. The van der Waals surface area contributed by atoms with Crippen LogP contribution in [0.4, 0.5) is 0 Å². The molecule has 0 aliphatic heterocycles. The first kappa shape index (κ1) is 17.6. The van der Waals surface area contributed by atoms with Gasteiger partial charge in [-0.15, -0.1) is 11.8 Å². The van der Waals surface area contributed by atoms with Crippen LogP contribution in [0.5, 0.6) is 0 Å². The summed E-state index contributed by atoms with van der Waals surface area (Å²) in [6.45, 7) is 9.06. The summed E-state index contributed by atoms with van der Waals surface area (Å²) in [5.74, 6) is -0.518. The van der Waals surface area contributed by atoms with Crippen LogP contribution >= 0.6 is 11.8 Å². The maximum Gasteiger partial charge on any atom is 0.316 e. The number of benzene rings is 1. The largest absolute Gasteiger partial charge is 0.480 e. The number of hydrogen-bond acceptors (Lipinski definition) is 3. The van der Waals surface area contributed by atoms with Gasteiger partial charge < -0.3 is 10.0 Å². The zero-order chi connectivity index (χ0) is 16.0. The summed E-state index contributed by atoms with van der Waals surface area (Å²) in [7, 11) is 0. The molecular weight excluding hydrogens is 286 g/mol. The third-order valence-corrected chi connectivity index (χ3v) is 4.19. The minimum Gasteiger partial charge on any atom is -0.480 e. The molecule has 1 atom stereocenters. The number of carboxylic acid groups (broad SMARTS) is 1. The van der Waals surface area contributed by atoms with E-state index in [0.29, 0.717) is 24.6 Å². The van der Waals surface area contributed by atoms with Crippen molar-refractivity contribution in [2.45, 2.75) is 37.8 Å². The molecule has 0 aliphatic rings. The summed E-state index contributed by atoms with van der Waals surface area (Å²) >= 11 is 1.21. The summed E-state index contributed by atoms with van der Waals surface area (Å²) in [6.07, 6.45) is 0. The van der Waals surface area contributed by atoms with E-state index in [0.717, 1.165) is 4.90 Å². The van der Waals surface area contributed by atoms with E-state index in [9.17, 15) is 9.59 Å². The second-order valence-electron chi connectivity index (χ2n) is 5.33. The van der Waals surface area contributed by atoms with Crippen molar-refractivity contribution in [3.8, 4) is 0 Å². The van der Waals surface area contributed by atoms with Gasteiger partial charge in [0.2, 0.25) is 0 Å². The number of nitrogens with zero attached hydrogens (tertiary/aromatic N) is 1. The Hall–Kier alpha value is -1.49. The van der Waals surface area contributed by atoms with E-state index in [1.165, 1.54) is 11.8 Å². The highest BCUT2D eigenvalue weighted by molar-refractivity contribution is 8.00. The van der Waals surface area contributed by atoms with Crippen LogP contribution < -0.4 is 0 Å². The van der Waals surface area contributed by atoms with Crippen molar-refractivity contribution in [2.24, 2.45) is 5.92 Å². The molecule has 0 spiro atoms. The molecule has 0 heterocycles. The Bertz CT molecular complexity index is 502. The van der Waals surface area contributed by atoms with Crippen LogP contribution in [0.3, 0.4) is 0 Å². The highest BCUT2D eigenvalue weighted by Gasteiger charge is 2.21. The minimum atomic E-state index is -0.878. The Morgan fingerprint density at radius 1 is 1.24 bits per heavy atom. The van der Waals surface area contributed by atoms with Crippen molar-refractivity contribution in [1.29, 1.82) is 0 Å². The van der Waals surface area contributed by atoms with Crippen molar-refractivity contribution in [1.82, 2.24) is 4.90 Å². The van der Waals surface area contributed by atoms with E-state index in [4.69, 9.17) is 5.11 Å². The van der Waals surface area contributed by atoms with Gasteiger partial charge in [0.05, 0.1) is 5.56 Å². The van der Waals surface area contributed by atoms with Gasteiger partial charge in [0, 0.05) is 18.0 Å². The van der Waals surface area contributed by atoms with Gasteiger partial charge in [0.25, 0.3) is 5.91 Å². The fourth-order valence-corrected chi connectivity index (χ4v) is 2.87. The zero-order valence-corrected chi connectivity index (χ0v) is 13.8. The average Bonchev–Trinajstić information content (AvgIpc) is 2.44. The molecule has 0 aliphatic carbocycles. The molecule has 0 aromatic heterocycles. The van der Waals surface area contributed by atoms with Gasteiger partial charge in [-0.25, -0.2) is 0 Å². The van der Waals surface area contributed by atoms with Crippen molar-refractivity contribution in [3.05, 3.63) is 29.8 Å². The number of rotatable bonds is 7. The first-order valence-corrected chi connectivity index (χ1v) is 8.02. The van der Waals surface area contributed by atoms with Crippen LogP contribution in [0.25, 0.3) is 0 Å². The van der Waals surface area contributed by atoms with Gasteiger partial charge >= 0.3 is 5.97 Å². The molecule has 4 nitrogen and oxygen atoms in total. The smallest absolute Gasteiger partial charge is 0.316 e. The summed E-state index contributed by atoms with van der Waals surface area (Å²) < 4.78 is 0. The van der Waals surface area contributed by atoms with Gasteiger partial charge in [0.1, 0.15) is 5.25 Å². The first-order chi connectivity index (χ1) is 9.86. The Kier molecular flexibility index (Phi) is 6.75. The van der Waals surface area contributed by atoms with E-state index >= 15 is 0 Å². The third kappa shape index (κ3) is 5.08. The highest BCUT2D eigenvalue weighted by atomic mass is 32.2. The molecule has 1 unspecified atom stereocenters. The zero-order valence-electron chi connectivity index (χ0n) is 13.0. The van der Waals surface area contributed by atoms with Gasteiger partial charge in [-0.2, -0.15) is 0 Å². The van der Waals surface area contributed by atoms with E-state index in [1.807, 2.05) is 19.1 Å². The van der Waals surface area contributed by atoms with Crippen molar-refractivity contribution in [3.63, 3.8) is 0 Å². The molecule has 0 radical (unpaired) electrons. The normalized spacial score (nSPS) is 12.2. The van der Waals surface area contributed by atoms with Crippen LogP contribution in [0.15, 0.2) is 29.2 Å². The van der Waals surface area contributed by atoms with Crippen molar-refractivity contribution < 1.29 is 14.7 Å². The average molecular weight is 309 g/mol. The van der Waals surface area contributed by atoms with E-state index in [1.54, 1.807) is 24.0 Å². The molecule has 1 N–H and O–H groups in total. The molecule has 21 heavy (non-hydrogen) atoms. The highest BCUT2D eigenvalue weighted by Crippen LogP contribution is 2.28. The fraction of sp³-hybridized carbons (Fsp3) is 0.500. The van der Waals surface area contributed by atoms with Crippen molar-refractivity contribution >= 4 is 23.6 Å². The number of carbonyl (C=O) groups excluding carboxylic acids is 1. The summed E-state index contributed by atoms with van der Waals surface area (Å²) in [6, 6.07) is 7.21. The molecule has 0 bridgehead atoms. The van der Waals surface area contributed by atoms with Crippen molar-refractivity contribution in [2.75, 3.05) is 13.1 Å². The Morgan fingerprint density at radius 3 is 2.38 bits per heavy atom. The van der Waals surface area contributed by atoms with Gasteiger partial charge in [0.15, 0.2) is 0 Å². The first-order valence-electron chi connectivity index (χ1n) is 7.14. The summed E-state index contributed by atoms with van der Waals surface area (Å²) in [5, 5.41) is 8.45. The number of thioether (sulfide) groups is 1. The maximum absolute atomic E-state index is 12.6. The minimum absolute atomic E-state index is 0.0353. The van der Waals surface area contributed by atoms with E-state index in [2.05, 4.69) is 13.8 Å². The Morgan fingerprint density at radius 2 is 1.86 bits per heavy atom. The second kappa shape index (κ2) is 8.08. The molecule has 1 rings (SSSR count). The molecule has 1 aromatic rings. The lowest BCUT2D eigenvalue weighted by Gasteiger charge is -2.24. The molecule has 1 aromatic carbocycles. The second-order valence-corrected chi connectivity index (χ2v) is 6.71. The maximum atomic E-state index is 12.6. The molecule has 0 saturated carbocycles. The number of hydrogen-bond donors (Lipinski definition) is 1. The van der Waals surface area contributed by atoms with Gasteiger partial charge in [-0.3, -0.25) is 9.59 Å². The third-order valence-electron chi connectivity index (χ3n) is 3.02. The molecule has 1 amide bonds. The topological polar surface area (TPSA) is 57.6 Å². The quantitative estimate of drug-likeness (QED) is 0.785. The van der Waals surface area contributed by atoms with E-state index < -0.39 is 11.2 Å². The molecule has 0 saturated heterocycles. The lowest BCUT2D eigenvalue weighted by Crippen LogP contribution is -2.34. The van der Waals surface area contributed by atoms with Crippen LogP contribution in [0.1, 0.15) is 38.1 Å². The van der Waals surface area contributed by atoms with Crippen LogP contribution in [0, 0.1) is 5.92 Å². The fourth-order valence-electron chi connectivity index (χ4n) is 1.95. The lowest BCUT2D eigenvalue weighted by molar-refractivity contribution is -0.136. The van der Waals surface area contributed by atoms with Crippen LogP contribution in [-0.4, -0.2) is 40.2 Å². The Labute approximate surface area is 130 Å². The predicted molar refractivity (Wildman–Crippen MR) is 85.8 cm³/mol. The molecule has 5 heteroatoms. The summed E-state index contributed by atoms with van der Waals surface area (Å²) in [4.78, 5) is 26.2. The van der Waals surface area contributed by atoms with Gasteiger partial charge in [-0.1, -0.05) is 26.0 Å². The number of amides is 1. The summed E-state index contributed by atoms with van der Waals surface area (Å²) in [5.41, 5.74) is 0.582. The van der Waals surface area contributed by atoms with Gasteiger partial charge in [-0.05, 0) is 31.9 Å². The standard InChI is InChI=1S/C16H23NO3S/c1-5-17(10-11(2)3)15(18)13-8-6-7-9-14(13)21-12(4)16(19)20/h6-9,11-12H,5,10H2,1-4H3,(H,19,20). The number of carboxylic acids is 1.